The number of hydrogen-bond donors (Lipinski definition) is 1. The lowest BCUT2D eigenvalue weighted by atomic mass is 10.2. The van der Waals surface area contributed by atoms with E-state index in [4.69, 9.17) is 0 Å². The Morgan fingerprint density at radius 1 is 1.12 bits per heavy atom. The van der Waals surface area contributed by atoms with Gasteiger partial charge in [-0.2, -0.15) is 0 Å². The Bertz CT molecular complexity index is 1220. The summed E-state index contributed by atoms with van der Waals surface area (Å²) in [4.78, 5) is 42.2. The average Bonchev–Trinajstić information content (AvgIpc) is 3.40. The number of hydrogen-bond acceptors (Lipinski definition) is 7. The number of nitrogens with one attached hydrogen (secondary N) is 1. The number of aromatic nitrogens is 3. The number of thioether (sulfide) groups is 2. The third-order valence-corrected chi connectivity index (χ3v) is 6.31. The topological polar surface area (TPSA) is 97.2 Å². The van der Waals surface area contributed by atoms with E-state index in [1.165, 1.54) is 30.0 Å². The monoisotopic (exact) mass is 483 g/mol. The first-order valence-corrected chi connectivity index (χ1v) is 11.7. The van der Waals surface area contributed by atoms with Gasteiger partial charge in [-0.1, -0.05) is 48.2 Å². The minimum absolute atomic E-state index is 0.0244. The van der Waals surface area contributed by atoms with Crippen LogP contribution in [0.1, 0.15) is 5.56 Å². The van der Waals surface area contributed by atoms with E-state index < -0.39 is 17.0 Å². The van der Waals surface area contributed by atoms with Crippen molar-refractivity contribution in [2.24, 2.45) is 0 Å². The van der Waals surface area contributed by atoms with Crippen molar-refractivity contribution >= 4 is 46.7 Å². The Hall–Kier alpha value is -3.44. The number of para-hydroxylation sites is 1. The van der Waals surface area contributed by atoms with Crippen LogP contribution in [0.5, 0.6) is 0 Å². The lowest BCUT2D eigenvalue weighted by molar-refractivity contribution is -0.123. The van der Waals surface area contributed by atoms with Gasteiger partial charge in [-0.25, -0.2) is 14.1 Å². The first-order valence-electron chi connectivity index (χ1n) is 9.88. The van der Waals surface area contributed by atoms with Gasteiger partial charge in [-0.3, -0.25) is 19.3 Å². The Labute approximate surface area is 197 Å². The van der Waals surface area contributed by atoms with Crippen LogP contribution in [0.25, 0.3) is 11.8 Å². The van der Waals surface area contributed by atoms with E-state index in [0.717, 1.165) is 22.3 Å². The van der Waals surface area contributed by atoms with E-state index in [0.29, 0.717) is 5.16 Å². The third-order valence-electron chi connectivity index (χ3n) is 4.55. The van der Waals surface area contributed by atoms with E-state index in [1.54, 1.807) is 23.1 Å². The largest absolute Gasteiger partial charge is 0.354 e. The minimum atomic E-state index is -0.507. The number of imide groups is 1. The molecule has 0 radical (unpaired) electrons. The fourth-order valence-corrected chi connectivity index (χ4v) is 4.42. The SMILES string of the molecule is O=C(CSc1ncn(-c2ccccc2)n1)NCCN1C(=O)S/C(=C\c2ccccc2F)C1=O. The number of amides is 3. The minimum Gasteiger partial charge on any atom is -0.354 e. The molecule has 0 spiro atoms. The van der Waals surface area contributed by atoms with Gasteiger partial charge in [0.15, 0.2) is 0 Å². The van der Waals surface area contributed by atoms with Crippen LogP contribution in [0.2, 0.25) is 0 Å². The summed E-state index contributed by atoms with van der Waals surface area (Å²) < 4.78 is 15.4. The highest BCUT2D eigenvalue weighted by Gasteiger charge is 2.34. The molecule has 0 saturated carbocycles. The molecule has 1 N–H and O–H groups in total. The van der Waals surface area contributed by atoms with Gasteiger partial charge in [-0.05, 0) is 36.0 Å². The normalized spacial score (nSPS) is 14.8. The van der Waals surface area contributed by atoms with Crippen LogP contribution in [0.3, 0.4) is 0 Å². The van der Waals surface area contributed by atoms with Gasteiger partial charge < -0.3 is 5.32 Å². The molecule has 2 aromatic carbocycles. The molecule has 33 heavy (non-hydrogen) atoms. The quantitative estimate of drug-likeness (QED) is 0.388. The summed E-state index contributed by atoms with van der Waals surface area (Å²) in [6.07, 6.45) is 2.93. The number of carbonyl (C=O) groups is 3. The lowest BCUT2D eigenvalue weighted by Gasteiger charge is -2.12. The summed E-state index contributed by atoms with van der Waals surface area (Å²) in [5, 5.41) is 7.00. The average molecular weight is 484 g/mol. The maximum Gasteiger partial charge on any atom is 0.293 e. The summed E-state index contributed by atoms with van der Waals surface area (Å²) in [5.41, 5.74) is 1.10. The molecule has 0 atom stereocenters. The van der Waals surface area contributed by atoms with E-state index in [9.17, 15) is 18.8 Å². The second kappa shape index (κ2) is 10.5. The van der Waals surface area contributed by atoms with Crippen LogP contribution in [0.4, 0.5) is 9.18 Å². The Morgan fingerprint density at radius 2 is 1.88 bits per heavy atom. The molecular weight excluding hydrogens is 465 g/mol. The summed E-state index contributed by atoms with van der Waals surface area (Å²) in [6.45, 7) is 0.132. The van der Waals surface area contributed by atoms with E-state index in [-0.39, 0.29) is 35.2 Å². The van der Waals surface area contributed by atoms with Gasteiger partial charge in [0, 0.05) is 18.7 Å². The lowest BCUT2D eigenvalue weighted by Crippen LogP contribution is -2.37. The highest BCUT2D eigenvalue weighted by Crippen LogP contribution is 2.32. The van der Waals surface area contributed by atoms with Crippen LogP contribution >= 0.6 is 23.5 Å². The van der Waals surface area contributed by atoms with Crippen molar-refractivity contribution in [2.45, 2.75) is 5.16 Å². The van der Waals surface area contributed by atoms with Gasteiger partial charge >= 0.3 is 0 Å². The van der Waals surface area contributed by atoms with Crippen molar-refractivity contribution < 1.29 is 18.8 Å². The molecule has 168 valence electrons. The Morgan fingerprint density at radius 3 is 2.67 bits per heavy atom. The van der Waals surface area contributed by atoms with E-state index in [1.807, 2.05) is 30.3 Å². The summed E-state index contributed by atoms with van der Waals surface area (Å²) >= 11 is 1.93. The Kier molecular flexibility index (Phi) is 7.20. The highest BCUT2D eigenvalue weighted by atomic mass is 32.2. The number of rotatable bonds is 8. The number of halogens is 1. The molecule has 3 aromatic rings. The van der Waals surface area contributed by atoms with Crippen molar-refractivity contribution in [2.75, 3.05) is 18.8 Å². The third kappa shape index (κ3) is 5.68. The molecule has 1 fully saturated rings. The summed E-state index contributed by atoms with van der Waals surface area (Å²) in [7, 11) is 0. The second-order valence-electron chi connectivity index (χ2n) is 6.80. The van der Waals surface area contributed by atoms with Gasteiger partial charge in [0.2, 0.25) is 11.1 Å². The van der Waals surface area contributed by atoms with Gasteiger partial charge in [0.05, 0.1) is 16.3 Å². The van der Waals surface area contributed by atoms with Crippen LogP contribution in [-0.2, 0) is 9.59 Å². The van der Waals surface area contributed by atoms with Crippen LogP contribution < -0.4 is 5.32 Å². The van der Waals surface area contributed by atoms with Crippen LogP contribution in [0, 0.1) is 5.82 Å². The van der Waals surface area contributed by atoms with Crippen LogP contribution in [-0.4, -0.2) is 55.6 Å². The molecule has 4 rings (SSSR count). The molecule has 1 aliphatic heterocycles. The smallest absolute Gasteiger partial charge is 0.293 e. The zero-order chi connectivity index (χ0) is 23.2. The van der Waals surface area contributed by atoms with Crippen LogP contribution in [0.15, 0.2) is 71.0 Å². The van der Waals surface area contributed by atoms with Crippen molar-refractivity contribution in [3.05, 3.63) is 77.2 Å². The maximum atomic E-state index is 13.8. The van der Waals surface area contributed by atoms with Crippen molar-refractivity contribution in [1.29, 1.82) is 0 Å². The Balaban J connectivity index is 1.24. The molecule has 0 aliphatic carbocycles. The molecule has 0 bridgehead atoms. The second-order valence-corrected chi connectivity index (χ2v) is 8.74. The van der Waals surface area contributed by atoms with E-state index in [2.05, 4.69) is 15.4 Å². The fourth-order valence-electron chi connectivity index (χ4n) is 2.93. The van der Waals surface area contributed by atoms with Gasteiger partial charge in [0.25, 0.3) is 11.1 Å². The first-order chi connectivity index (χ1) is 16.0. The maximum absolute atomic E-state index is 13.8. The predicted octanol–water partition coefficient (Wildman–Crippen LogP) is 3.35. The molecule has 8 nitrogen and oxygen atoms in total. The van der Waals surface area contributed by atoms with Gasteiger partial charge in [-0.15, -0.1) is 5.10 Å². The zero-order valence-corrected chi connectivity index (χ0v) is 18.8. The fraction of sp³-hybridized carbons (Fsp3) is 0.136. The number of nitrogens with zero attached hydrogens (tertiary/aromatic N) is 4. The molecule has 1 aromatic heterocycles. The zero-order valence-electron chi connectivity index (χ0n) is 17.2. The molecule has 1 saturated heterocycles. The first kappa shape index (κ1) is 22.7. The van der Waals surface area contributed by atoms with Crippen molar-refractivity contribution in [1.82, 2.24) is 25.0 Å². The molecule has 3 amide bonds. The molecular formula is C22H18FN5O3S2. The molecule has 2 heterocycles. The summed E-state index contributed by atoms with van der Waals surface area (Å²) in [5.74, 6) is -1.16. The number of benzene rings is 2. The molecule has 0 unspecified atom stereocenters. The van der Waals surface area contributed by atoms with Crippen molar-refractivity contribution in [3.8, 4) is 5.69 Å². The molecule has 11 heteroatoms. The molecule has 1 aliphatic rings. The number of carbonyl (C=O) groups excluding carboxylic acids is 3. The van der Waals surface area contributed by atoms with Crippen molar-refractivity contribution in [3.63, 3.8) is 0 Å². The predicted molar refractivity (Wildman–Crippen MR) is 124 cm³/mol. The van der Waals surface area contributed by atoms with E-state index >= 15 is 0 Å². The standard InChI is InChI=1S/C22H18FN5O3S2/c23-17-9-5-4-6-15(17)12-18-20(30)27(22(31)33-18)11-10-24-19(29)13-32-21-25-14-28(26-21)16-7-2-1-3-8-16/h1-9,12,14H,10-11,13H2,(H,24,29)/b18-12-. The summed E-state index contributed by atoms with van der Waals surface area (Å²) in [6, 6.07) is 15.5. The highest BCUT2D eigenvalue weighted by molar-refractivity contribution is 8.18. The van der Waals surface area contributed by atoms with Gasteiger partial charge in [0.1, 0.15) is 12.1 Å².